The summed E-state index contributed by atoms with van der Waals surface area (Å²) in [6, 6.07) is 0. The second-order valence-corrected chi connectivity index (χ2v) is 3.13. The van der Waals surface area contributed by atoms with Crippen molar-refractivity contribution in [2.45, 2.75) is 39.2 Å². The van der Waals surface area contributed by atoms with E-state index in [4.69, 9.17) is 0 Å². The second kappa shape index (κ2) is 3.77. The van der Waals surface area contributed by atoms with Crippen LogP contribution in [0, 0.1) is 5.92 Å². The molecule has 0 aromatic rings. The predicted octanol–water partition coefficient (Wildman–Crippen LogP) is 2.36. The summed E-state index contributed by atoms with van der Waals surface area (Å²) < 4.78 is 0. The minimum absolute atomic E-state index is 0.187. The first kappa shape index (κ1) is 9.70. The first-order valence-corrected chi connectivity index (χ1v) is 3.89. The molecule has 0 aromatic heterocycles. The van der Waals surface area contributed by atoms with Crippen molar-refractivity contribution in [3.8, 4) is 0 Å². The van der Waals surface area contributed by atoms with E-state index in [9.17, 15) is 5.11 Å². The highest BCUT2D eigenvalue weighted by Crippen LogP contribution is 2.22. The van der Waals surface area contributed by atoms with Crippen LogP contribution in [-0.2, 0) is 0 Å². The standard InChI is InChI=1S/C9H18O/c1-5-7-9(4,10)8(3)6-2/h6,8,10H,2,5,7H2,1,3-4H3. The monoisotopic (exact) mass is 142 g/mol. The van der Waals surface area contributed by atoms with Crippen LogP contribution in [0.3, 0.4) is 0 Å². The lowest BCUT2D eigenvalue weighted by Gasteiger charge is -2.27. The summed E-state index contributed by atoms with van der Waals surface area (Å²) in [5.74, 6) is 0.187. The molecule has 1 nitrogen and oxygen atoms in total. The summed E-state index contributed by atoms with van der Waals surface area (Å²) in [7, 11) is 0. The molecule has 0 aliphatic rings. The fourth-order valence-corrected chi connectivity index (χ4v) is 0.988. The van der Waals surface area contributed by atoms with Gasteiger partial charge in [0.25, 0.3) is 0 Å². The minimum atomic E-state index is -0.559. The fraction of sp³-hybridized carbons (Fsp3) is 0.778. The third-order valence-corrected chi connectivity index (χ3v) is 2.09. The Morgan fingerprint density at radius 2 is 2.20 bits per heavy atom. The highest BCUT2D eigenvalue weighted by atomic mass is 16.3. The van der Waals surface area contributed by atoms with Crippen LogP contribution in [0.5, 0.6) is 0 Å². The maximum Gasteiger partial charge on any atom is 0.0679 e. The van der Waals surface area contributed by atoms with Crippen molar-refractivity contribution in [1.29, 1.82) is 0 Å². The van der Waals surface area contributed by atoms with Gasteiger partial charge in [-0.1, -0.05) is 26.3 Å². The van der Waals surface area contributed by atoms with E-state index >= 15 is 0 Å². The van der Waals surface area contributed by atoms with Crippen molar-refractivity contribution < 1.29 is 5.11 Å². The topological polar surface area (TPSA) is 20.2 Å². The Balaban J connectivity index is 3.94. The molecule has 2 atom stereocenters. The zero-order valence-electron chi connectivity index (χ0n) is 7.22. The van der Waals surface area contributed by atoms with Crippen molar-refractivity contribution in [3.63, 3.8) is 0 Å². The summed E-state index contributed by atoms with van der Waals surface area (Å²) >= 11 is 0. The third-order valence-electron chi connectivity index (χ3n) is 2.09. The summed E-state index contributed by atoms with van der Waals surface area (Å²) in [5, 5.41) is 9.71. The van der Waals surface area contributed by atoms with Crippen LogP contribution < -0.4 is 0 Å². The van der Waals surface area contributed by atoms with Crippen molar-refractivity contribution in [3.05, 3.63) is 12.7 Å². The van der Waals surface area contributed by atoms with Gasteiger partial charge in [-0.05, 0) is 13.3 Å². The SMILES string of the molecule is C=CC(C)C(C)(O)CCC. The summed E-state index contributed by atoms with van der Waals surface area (Å²) in [6.07, 6.45) is 3.67. The van der Waals surface area contributed by atoms with E-state index in [1.54, 1.807) is 6.08 Å². The molecule has 0 amide bonds. The van der Waals surface area contributed by atoms with Gasteiger partial charge in [-0.2, -0.15) is 0 Å². The average Bonchev–Trinajstić information content (AvgIpc) is 1.86. The van der Waals surface area contributed by atoms with E-state index in [0.29, 0.717) is 0 Å². The molecule has 0 aromatic carbocycles. The first-order valence-electron chi connectivity index (χ1n) is 3.89. The van der Waals surface area contributed by atoms with Crippen LogP contribution >= 0.6 is 0 Å². The molecule has 0 aliphatic carbocycles. The van der Waals surface area contributed by atoms with Gasteiger partial charge in [0.05, 0.1) is 5.60 Å². The molecule has 1 heteroatoms. The lowest BCUT2D eigenvalue weighted by molar-refractivity contribution is 0.0156. The van der Waals surface area contributed by atoms with E-state index < -0.39 is 5.60 Å². The van der Waals surface area contributed by atoms with Crippen molar-refractivity contribution >= 4 is 0 Å². The van der Waals surface area contributed by atoms with Crippen LogP contribution in [0.1, 0.15) is 33.6 Å². The Kier molecular flexibility index (Phi) is 3.66. The molecule has 1 N–H and O–H groups in total. The lowest BCUT2D eigenvalue weighted by Crippen LogP contribution is -2.30. The lowest BCUT2D eigenvalue weighted by atomic mass is 9.87. The number of hydrogen-bond acceptors (Lipinski definition) is 1. The molecule has 0 bridgehead atoms. The van der Waals surface area contributed by atoms with Gasteiger partial charge in [0.1, 0.15) is 0 Å². The van der Waals surface area contributed by atoms with Crippen molar-refractivity contribution in [2.75, 3.05) is 0 Å². The van der Waals surface area contributed by atoms with E-state index in [2.05, 4.69) is 13.5 Å². The molecule has 0 heterocycles. The second-order valence-electron chi connectivity index (χ2n) is 3.13. The molecule has 0 rings (SSSR count). The van der Waals surface area contributed by atoms with E-state index in [1.165, 1.54) is 0 Å². The molecule has 0 spiro atoms. The molecule has 0 saturated heterocycles. The van der Waals surface area contributed by atoms with Crippen LogP contribution in [0.15, 0.2) is 12.7 Å². The molecule has 60 valence electrons. The Morgan fingerprint density at radius 1 is 1.70 bits per heavy atom. The molecule has 0 saturated carbocycles. The molecule has 10 heavy (non-hydrogen) atoms. The molecule has 0 fully saturated rings. The van der Waals surface area contributed by atoms with Crippen LogP contribution in [0.25, 0.3) is 0 Å². The highest BCUT2D eigenvalue weighted by Gasteiger charge is 2.24. The fourth-order valence-electron chi connectivity index (χ4n) is 0.988. The normalized spacial score (nSPS) is 19.6. The zero-order chi connectivity index (χ0) is 8.20. The van der Waals surface area contributed by atoms with E-state index in [-0.39, 0.29) is 5.92 Å². The number of rotatable bonds is 4. The average molecular weight is 142 g/mol. The van der Waals surface area contributed by atoms with Gasteiger partial charge in [-0.25, -0.2) is 0 Å². The maximum atomic E-state index is 9.71. The minimum Gasteiger partial charge on any atom is -0.390 e. The van der Waals surface area contributed by atoms with E-state index in [1.807, 2.05) is 13.8 Å². The van der Waals surface area contributed by atoms with Gasteiger partial charge >= 0.3 is 0 Å². The van der Waals surface area contributed by atoms with Gasteiger partial charge in [0.15, 0.2) is 0 Å². The molecule has 2 unspecified atom stereocenters. The largest absolute Gasteiger partial charge is 0.390 e. The van der Waals surface area contributed by atoms with Gasteiger partial charge < -0.3 is 5.11 Å². The number of hydrogen-bond donors (Lipinski definition) is 1. The number of aliphatic hydroxyl groups is 1. The smallest absolute Gasteiger partial charge is 0.0679 e. The van der Waals surface area contributed by atoms with Crippen molar-refractivity contribution in [2.24, 2.45) is 5.92 Å². The van der Waals surface area contributed by atoms with Gasteiger partial charge in [0, 0.05) is 5.92 Å². The van der Waals surface area contributed by atoms with Gasteiger partial charge in [0.2, 0.25) is 0 Å². The molecule has 0 aliphatic heterocycles. The molecular weight excluding hydrogens is 124 g/mol. The van der Waals surface area contributed by atoms with E-state index in [0.717, 1.165) is 12.8 Å². The Labute approximate surface area is 63.8 Å². The summed E-state index contributed by atoms with van der Waals surface area (Å²) in [4.78, 5) is 0. The van der Waals surface area contributed by atoms with Gasteiger partial charge in [-0.15, -0.1) is 6.58 Å². The zero-order valence-corrected chi connectivity index (χ0v) is 7.22. The third kappa shape index (κ3) is 2.53. The Hall–Kier alpha value is -0.300. The van der Waals surface area contributed by atoms with Crippen LogP contribution in [0.2, 0.25) is 0 Å². The first-order chi connectivity index (χ1) is 4.54. The maximum absolute atomic E-state index is 9.71. The van der Waals surface area contributed by atoms with Crippen molar-refractivity contribution in [1.82, 2.24) is 0 Å². The Bertz CT molecular complexity index is 105. The highest BCUT2D eigenvalue weighted by molar-refractivity contribution is 4.89. The molecular formula is C9H18O. The van der Waals surface area contributed by atoms with Crippen LogP contribution in [0.4, 0.5) is 0 Å². The predicted molar refractivity (Wildman–Crippen MR) is 44.9 cm³/mol. The summed E-state index contributed by atoms with van der Waals surface area (Å²) in [6.45, 7) is 9.58. The van der Waals surface area contributed by atoms with Gasteiger partial charge in [-0.3, -0.25) is 0 Å². The summed E-state index contributed by atoms with van der Waals surface area (Å²) in [5.41, 5.74) is -0.559. The quantitative estimate of drug-likeness (QED) is 0.597. The Morgan fingerprint density at radius 3 is 2.50 bits per heavy atom. The molecule has 0 radical (unpaired) electrons. The van der Waals surface area contributed by atoms with Crippen LogP contribution in [-0.4, -0.2) is 10.7 Å².